The van der Waals surface area contributed by atoms with Gasteiger partial charge >= 0.3 is 18.2 Å². The van der Waals surface area contributed by atoms with Gasteiger partial charge in [-0.05, 0) is 48.4 Å². The molecule has 2 saturated heterocycles. The number of amides is 6. The van der Waals surface area contributed by atoms with Crippen LogP contribution < -0.4 is 20.4 Å². The second kappa shape index (κ2) is 10.4. The van der Waals surface area contributed by atoms with Crippen LogP contribution in [0.3, 0.4) is 0 Å². The number of nitriles is 1. The number of alkyl halides is 3. The van der Waals surface area contributed by atoms with Gasteiger partial charge in [0.2, 0.25) is 11.8 Å². The van der Waals surface area contributed by atoms with E-state index in [4.69, 9.17) is 5.26 Å². The zero-order valence-corrected chi connectivity index (χ0v) is 20.2. The van der Waals surface area contributed by atoms with Crippen LogP contribution in [0.4, 0.5) is 34.1 Å². The summed E-state index contributed by atoms with van der Waals surface area (Å²) in [6, 6.07) is 10.4. The van der Waals surface area contributed by atoms with Crippen LogP contribution >= 0.6 is 0 Å². The number of halogens is 3. The second-order valence-corrected chi connectivity index (χ2v) is 8.73. The van der Waals surface area contributed by atoms with E-state index in [1.807, 2.05) is 0 Å². The highest BCUT2D eigenvalue weighted by Gasteiger charge is 2.44. The average molecular weight is 528 g/mol. The van der Waals surface area contributed by atoms with E-state index in [2.05, 4.69) is 10.6 Å². The molecular weight excluding hydrogens is 505 g/mol. The Labute approximate surface area is 215 Å². The minimum Gasteiger partial charge on any atom is -0.342 e. The van der Waals surface area contributed by atoms with Gasteiger partial charge in [0.05, 0.1) is 18.2 Å². The molecule has 2 aromatic carbocycles. The van der Waals surface area contributed by atoms with Crippen LogP contribution in [0.2, 0.25) is 0 Å². The van der Waals surface area contributed by atoms with Gasteiger partial charge in [-0.3, -0.25) is 24.3 Å². The fraction of sp³-hybridized carbons (Fsp3) is 0.320. The Balaban J connectivity index is 1.67. The van der Waals surface area contributed by atoms with Gasteiger partial charge in [-0.1, -0.05) is 12.1 Å². The van der Waals surface area contributed by atoms with E-state index in [9.17, 15) is 32.3 Å². The third-order valence-corrected chi connectivity index (χ3v) is 6.46. The van der Waals surface area contributed by atoms with Crippen molar-refractivity contribution in [1.29, 1.82) is 5.26 Å². The zero-order chi connectivity index (χ0) is 27.6. The zero-order valence-electron chi connectivity index (χ0n) is 20.2. The lowest BCUT2D eigenvalue weighted by atomic mass is 9.99. The fourth-order valence-corrected chi connectivity index (χ4v) is 4.44. The third-order valence-electron chi connectivity index (χ3n) is 6.46. The number of imide groups is 1. The molecule has 2 aromatic rings. The van der Waals surface area contributed by atoms with Gasteiger partial charge in [0.25, 0.3) is 0 Å². The van der Waals surface area contributed by atoms with Gasteiger partial charge in [0.15, 0.2) is 0 Å². The first-order chi connectivity index (χ1) is 18.0. The molecule has 2 fully saturated rings. The summed E-state index contributed by atoms with van der Waals surface area (Å²) in [7, 11) is 0. The van der Waals surface area contributed by atoms with Gasteiger partial charge in [-0.15, -0.1) is 0 Å². The number of benzene rings is 2. The first kappa shape index (κ1) is 26.5. The van der Waals surface area contributed by atoms with Crippen molar-refractivity contribution in [2.45, 2.75) is 19.6 Å². The quantitative estimate of drug-likeness (QED) is 0.441. The summed E-state index contributed by atoms with van der Waals surface area (Å²) in [5, 5.41) is 13.8. The largest absolute Gasteiger partial charge is 0.416 e. The first-order valence-electron chi connectivity index (χ1n) is 11.6. The number of carbonyl (C=O) groups is 4. The van der Waals surface area contributed by atoms with Crippen molar-refractivity contribution in [2.24, 2.45) is 5.92 Å². The second-order valence-electron chi connectivity index (χ2n) is 8.73. The van der Waals surface area contributed by atoms with E-state index in [-0.39, 0.29) is 30.2 Å². The van der Waals surface area contributed by atoms with E-state index >= 15 is 0 Å². The van der Waals surface area contributed by atoms with Crippen molar-refractivity contribution in [3.8, 4) is 6.07 Å². The van der Waals surface area contributed by atoms with Crippen LogP contribution in [0.25, 0.3) is 0 Å². The lowest BCUT2D eigenvalue weighted by Crippen LogP contribution is -2.60. The molecule has 0 saturated carbocycles. The molecule has 0 radical (unpaired) electrons. The molecule has 2 aliphatic rings. The monoisotopic (exact) mass is 528 g/mol. The van der Waals surface area contributed by atoms with Crippen molar-refractivity contribution in [3.05, 3.63) is 59.2 Å². The summed E-state index contributed by atoms with van der Waals surface area (Å²) in [4.78, 5) is 54.8. The van der Waals surface area contributed by atoms with E-state index in [0.29, 0.717) is 24.5 Å². The van der Waals surface area contributed by atoms with Crippen molar-refractivity contribution in [3.63, 3.8) is 0 Å². The van der Waals surface area contributed by atoms with E-state index in [1.54, 1.807) is 30.3 Å². The van der Waals surface area contributed by atoms with Crippen molar-refractivity contribution in [2.75, 3.05) is 36.0 Å². The van der Waals surface area contributed by atoms with E-state index < -0.39 is 42.0 Å². The molecule has 4 rings (SSSR count). The Kier molecular flexibility index (Phi) is 7.25. The van der Waals surface area contributed by atoms with Crippen molar-refractivity contribution < 1.29 is 32.3 Å². The Hall–Kier alpha value is -4.60. The highest BCUT2D eigenvalue weighted by molar-refractivity contribution is 6.13. The summed E-state index contributed by atoms with van der Waals surface area (Å²) in [5.74, 6) is -3.06. The van der Waals surface area contributed by atoms with Crippen LogP contribution in [0.5, 0.6) is 0 Å². The predicted molar refractivity (Wildman–Crippen MR) is 129 cm³/mol. The summed E-state index contributed by atoms with van der Waals surface area (Å²) in [6.07, 6.45) is -4.63. The van der Waals surface area contributed by atoms with Gasteiger partial charge in [0.1, 0.15) is 12.5 Å². The topological polar surface area (TPSA) is 126 Å². The van der Waals surface area contributed by atoms with Crippen LogP contribution in [0.1, 0.15) is 16.7 Å². The number of hydrogen-bond acceptors (Lipinski definition) is 5. The van der Waals surface area contributed by atoms with Crippen LogP contribution in [0, 0.1) is 24.2 Å². The molecule has 198 valence electrons. The van der Waals surface area contributed by atoms with Gasteiger partial charge < -0.3 is 10.6 Å². The minimum absolute atomic E-state index is 0.0925. The standard InChI is InChI=1S/C25H23F3N6O4/c1-15-16(3-2-4-20(15)25(26,27)28)13-34-22(36)19(21(35)30-10-9-29)14-33(24(34)38)18-7-5-17(6-8-18)32-12-11-31-23(32)37/h2-8,19H,10-14H2,1H3,(H,30,35)(H,31,37). The maximum absolute atomic E-state index is 13.5. The lowest BCUT2D eigenvalue weighted by Gasteiger charge is -2.38. The van der Waals surface area contributed by atoms with E-state index in [0.717, 1.165) is 11.0 Å². The molecule has 2 heterocycles. The summed E-state index contributed by atoms with van der Waals surface area (Å²) in [5.41, 5.74) is -0.0567. The molecule has 0 spiro atoms. The molecule has 38 heavy (non-hydrogen) atoms. The number of nitrogens with one attached hydrogen (secondary N) is 2. The van der Waals surface area contributed by atoms with Gasteiger partial charge in [0, 0.05) is 31.0 Å². The van der Waals surface area contributed by atoms with Crippen molar-refractivity contribution >= 4 is 35.3 Å². The molecule has 10 nitrogen and oxygen atoms in total. The van der Waals surface area contributed by atoms with Crippen LogP contribution in [-0.4, -0.2) is 55.0 Å². The molecule has 2 N–H and O–H groups in total. The SMILES string of the molecule is Cc1c(CN2C(=O)C(C(=O)NCC#N)CN(c3ccc(N4CCNC4=O)cc3)C2=O)cccc1C(F)(F)F. The summed E-state index contributed by atoms with van der Waals surface area (Å²) < 4.78 is 40.3. The molecule has 6 amide bonds. The fourth-order valence-electron chi connectivity index (χ4n) is 4.44. The van der Waals surface area contributed by atoms with Gasteiger partial charge in [-0.25, -0.2) is 9.59 Å². The number of nitrogens with zero attached hydrogens (tertiary/aromatic N) is 4. The number of urea groups is 2. The number of hydrogen-bond donors (Lipinski definition) is 2. The van der Waals surface area contributed by atoms with E-state index in [1.165, 1.54) is 28.9 Å². The number of anilines is 2. The maximum atomic E-state index is 13.5. The third kappa shape index (κ3) is 5.10. The highest BCUT2D eigenvalue weighted by Crippen LogP contribution is 2.34. The smallest absolute Gasteiger partial charge is 0.342 e. The molecule has 0 aromatic heterocycles. The lowest BCUT2D eigenvalue weighted by molar-refractivity contribution is -0.141. The highest BCUT2D eigenvalue weighted by atomic mass is 19.4. The molecule has 13 heteroatoms. The van der Waals surface area contributed by atoms with Crippen LogP contribution in [0.15, 0.2) is 42.5 Å². The molecule has 1 atom stereocenters. The van der Waals surface area contributed by atoms with Crippen molar-refractivity contribution in [1.82, 2.24) is 15.5 Å². The Bertz CT molecular complexity index is 1320. The predicted octanol–water partition coefficient (Wildman–Crippen LogP) is 2.77. The van der Waals surface area contributed by atoms with Crippen LogP contribution in [-0.2, 0) is 22.3 Å². The minimum atomic E-state index is -4.63. The normalized spacial score (nSPS) is 17.9. The molecule has 2 aliphatic heterocycles. The molecular formula is C25H23F3N6O4. The Morgan fingerprint density at radius 1 is 1.11 bits per heavy atom. The Morgan fingerprint density at radius 2 is 1.76 bits per heavy atom. The number of rotatable bonds is 6. The Morgan fingerprint density at radius 3 is 2.34 bits per heavy atom. The maximum Gasteiger partial charge on any atom is 0.416 e. The summed E-state index contributed by atoms with van der Waals surface area (Å²) >= 11 is 0. The molecule has 1 unspecified atom stereocenters. The first-order valence-corrected chi connectivity index (χ1v) is 11.6. The number of carbonyl (C=O) groups excluding carboxylic acids is 4. The molecule has 0 bridgehead atoms. The average Bonchev–Trinajstić information content (AvgIpc) is 3.31. The summed E-state index contributed by atoms with van der Waals surface area (Å²) in [6.45, 7) is 1.00. The molecule has 0 aliphatic carbocycles. The van der Waals surface area contributed by atoms with Gasteiger partial charge in [-0.2, -0.15) is 18.4 Å².